The normalized spacial score (nSPS) is 20.0. The van der Waals surface area contributed by atoms with Crippen molar-refractivity contribution in [1.82, 2.24) is 4.98 Å². The molecule has 0 unspecified atom stereocenters. The van der Waals surface area contributed by atoms with Crippen molar-refractivity contribution in [3.63, 3.8) is 0 Å². The molecule has 1 aliphatic rings. The first kappa shape index (κ1) is 26.7. The smallest absolute Gasteiger partial charge is 0.422 e. The summed E-state index contributed by atoms with van der Waals surface area (Å²) in [6, 6.07) is 3.39. The first-order chi connectivity index (χ1) is 16.4. The Bertz CT molecular complexity index is 1140. The molecule has 1 saturated carbocycles. The number of pyridine rings is 1. The summed E-state index contributed by atoms with van der Waals surface area (Å²) in [5, 5.41) is 2.74. The summed E-state index contributed by atoms with van der Waals surface area (Å²) in [6.07, 6.45) is -3.09. The number of halogens is 5. The van der Waals surface area contributed by atoms with Crippen LogP contribution < -0.4 is 15.8 Å². The van der Waals surface area contributed by atoms with Gasteiger partial charge in [-0.1, -0.05) is 11.8 Å². The molecule has 0 saturated heterocycles. The lowest BCUT2D eigenvalue weighted by molar-refractivity contribution is -0.153. The molecule has 1 amide bonds. The van der Waals surface area contributed by atoms with Gasteiger partial charge in [-0.15, -0.1) is 0 Å². The van der Waals surface area contributed by atoms with E-state index >= 15 is 0 Å². The van der Waals surface area contributed by atoms with Crippen LogP contribution in [0, 0.1) is 18.6 Å². The molecule has 0 radical (unpaired) electrons. The third kappa shape index (κ3) is 6.40. The van der Waals surface area contributed by atoms with Crippen LogP contribution >= 0.6 is 11.8 Å². The Morgan fingerprint density at radius 1 is 1.34 bits per heavy atom. The Balaban J connectivity index is 1.80. The highest BCUT2D eigenvalue weighted by Crippen LogP contribution is 2.61. The fourth-order valence-electron chi connectivity index (χ4n) is 3.64. The summed E-state index contributed by atoms with van der Waals surface area (Å²) >= 11 is 1.21. The van der Waals surface area contributed by atoms with E-state index in [4.69, 9.17) is 10.5 Å². The minimum Gasteiger partial charge on any atom is -0.482 e. The van der Waals surface area contributed by atoms with Crippen LogP contribution in [0.15, 0.2) is 29.4 Å². The van der Waals surface area contributed by atoms with Gasteiger partial charge in [0.2, 0.25) is 0 Å². The number of carbonyl (C=O) groups is 1. The van der Waals surface area contributed by atoms with Crippen molar-refractivity contribution >= 4 is 28.5 Å². The van der Waals surface area contributed by atoms with Gasteiger partial charge >= 0.3 is 6.18 Å². The Morgan fingerprint density at radius 3 is 2.66 bits per heavy atom. The zero-order valence-electron chi connectivity index (χ0n) is 19.0. The van der Waals surface area contributed by atoms with E-state index in [1.807, 2.05) is 0 Å². The number of aromatic nitrogens is 1. The summed E-state index contributed by atoms with van der Waals surface area (Å²) in [5.74, 6) is -3.55. The largest absolute Gasteiger partial charge is 0.482 e. The summed E-state index contributed by atoms with van der Waals surface area (Å²) in [5.41, 5.74) is 5.98. The average Bonchev–Trinajstić information content (AvgIpc) is 3.47. The number of benzene rings is 1. The minimum atomic E-state index is -4.52. The quantitative estimate of drug-likeness (QED) is 0.305. The fraction of sp³-hybridized carbons (Fsp3) is 0.409. The van der Waals surface area contributed by atoms with E-state index in [-0.39, 0.29) is 40.0 Å². The topological polar surface area (TPSA) is 98.8 Å². The summed E-state index contributed by atoms with van der Waals surface area (Å²) in [6.45, 7) is 0.179. The summed E-state index contributed by atoms with van der Waals surface area (Å²) in [4.78, 5) is 20.5. The lowest BCUT2D eigenvalue weighted by Crippen LogP contribution is -2.22. The van der Waals surface area contributed by atoms with E-state index in [1.165, 1.54) is 45.0 Å². The van der Waals surface area contributed by atoms with Crippen LogP contribution in [0.5, 0.6) is 5.75 Å². The van der Waals surface area contributed by atoms with E-state index in [1.54, 1.807) is 0 Å². The molecule has 7 nitrogen and oxygen atoms in total. The number of ether oxygens (including phenoxy) is 2. The van der Waals surface area contributed by atoms with E-state index in [2.05, 4.69) is 20.0 Å². The minimum absolute atomic E-state index is 0.0113. The molecule has 0 bridgehead atoms. The molecule has 1 aromatic heterocycles. The Kier molecular flexibility index (Phi) is 7.90. The zero-order valence-corrected chi connectivity index (χ0v) is 19.8. The van der Waals surface area contributed by atoms with Crippen molar-refractivity contribution < 1.29 is 36.2 Å². The standard InChI is InChI=1S/C22H23F5N4O3S/c1-11-4-13(34-10-22(25,26)27)8-30-18(11)19(32)31-12-5-14(17(24)16(23)6-12)15-7-21(15,9-33-3)35-20(28)29-2/h4-6,8,15H,7,9-10H2,1-3H3,(H2,28,29)(H,31,32)/t15-,21+/m0/s1. The van der Waals surface area contributed by atoms with E-state index in [0.717, 1.165) is 12.3 Å². The van der Waals surface area contributed by atoms with E-state index < -0.39 is 41.0 Å². The monoisotopic (exact) mass is 518 g/mol. The number of amidine groups is 1. The number of thioether (sulfide) groups is 1. The molecule has 1 aromatic carbocycles. The van der Waals surface area contributed by atoms with Crippen LogP contribution in [-0.4, -0.2) is 54.4 Å². The fourth-order valence-corrected chi connectivity index (χ4v) is 4.84. The second-order valence-corrected chi connectivity index (χ2v) is 9.41. The van der Waals surface area contributed by atoms with Crippen LogP contribution in [0.1, 0.15) is 34.0 Å². The molecule has 2 atom stereocenters. The van der Waals surface area contributed by atoms with Crippen molar-refractivity contribution in [1.29, 1.82) is 0 Å². The summed E-state index contributed by atoms with van der Waals surface area (Å²) in [7, 11) is 3.00. The van der Waals surface area contributed by atoms with Gasteiger partial charge in [0.1, 0.15) is 11.4 Å². The molecule has 3 rings (SSSR count). The number of methoxy groups -OCH3 is 1. The molecule has 0 aliphatic heterocycles. The van der Waals surface area contributed by atoms with Crippen molar-refractivity contribution in [3.8, 4) is 5.75 Å². The van der Waals surface area contributed by atoms with Gasteiger partial charge < -0.3 is 20.5 Å². The second kappa shape index (κ2) is 10.4. The van der Waals surface area contributed by atoms with E-state index in [0.29, 0.717) is 6.42 Å². The van der Waals surface area contributed by atoms with Crippen LogP contribution in [0.2, 0.25) is 0 Å². The predicted molar refractivity (Wildman–Crippen MR) is 122 cm³/mol. The number of amides is 1. The number of aryl methyl sites for hydroxylation is 1. The molecular weight excluding hydrogens is 495 g/mol. The average molecular weight is 519 g/mol. The highest BCUT2D eigenvalue weighted by Gasteiger charge is 2.57. The number of nitrogens with two attached hydrogens (primary N) is 1. The number of nitrogens with zero attached hydrogens (tertiary/aromatic N) is 2. The zero-order chi connectivity index (χ0) is 26.0. The van der Waals surface area contributed by atoms with Crippen LogP contribution in [0.3, 0.4) is 0 Å². The van der Waals surface area contributed by atoms with Gasteiger partial charge in [-0.2, -0.15) is 13.2 Å². The predicted octanol–water partition coefficient (Wildman–Crippen LogP) is 4.41. The number of alkyl halides is 3. The first-order valence-corrected chi connectivity index (χ1v) is 11.1. The third-order valence-corrected chi connectivity index (χ3v) is 6.67. The van der Waals surface area contributed by atoms with Gasteiger partial charge in [-0.05, 0) is 36.6 Å². The molecule has 2 aromatic rings. The maximum atomic E-state index is 14.7. The molecule has 190 valence electrons. The number of anilines is 1. The van der Waals surface area contributed by atoms with Crippen LogP contribution in [-0.2, 0) is 4.74 Å². The van der Waals surface area contributed by atoms with Crippen LogP contribution in [0.25, 0.3) is 0 Å². The molecule has 1 aliphatic carbocycles. The number of aliphatic imine (C=N–C) groups is 1. The van der Waals surface area contributed by atoms with Gasteiger partial charge in [-0.3, -0.25) is 9.79 Å². The van der Waals surface area contributed by atoms with Gasteiger partial charge in [0.05, 0.1) is 17.6 Å². The number of rotatable bonds is 8. The lowest BCUT2D eigenvalue weighted by atomic mass is 10.1. The first-order valence-electron chi connectivity index (χ1n) is 10.3. The maximum Gasteiger partial charge on any atom is 0.422 e. The molecule has 13 heteroatoms. The number of nitrogens with one attached hydrogen (secondary N) is 1. The molecule has 1 heterocycles. The molecule has 35 heavy (non-hydrogen) atoms. The van der Waals surface area contributed by atoms with Gasteiger partial charge in [0.15, 0.2) is 23.4 Å². The Morgan fingerprint density at radius 2 is 2.06 bits per heavy atom. The molecule has 1 fully saturated rings. The lowest BCUT2D eigenvalue weighted by Gasteiger charge is -2.17. The van der Waals surface area contributed by atoms with Crippen molar-refractivity contribution in [2.75, 3.05) is 32.7 Å². The number of carbonyl (C=O) groups excluding carboxylic acids is 1. The summed E-state index contributed by atoms with van der Waals surface area (Å²) < 4.78 is 75.4. The van der Waals surface area contributed by atoms with Crippen molar-refractivity contribution in [2.24, 2.45) is 10.7 Å². The highest BCUT2D eigenvalue weighted by molar-refractivity contribution is 8.15. The van der Waals surface area contributed by atoms with E-state index in [9.17, 15) is 26.7 Å². The highest BCUT2D eigenvalue weighted by atomic mass is 32.2. The van der Waals surface area contributed by atoms with Gasteiger partial charge in [-0.25, -0.2) is 13.8 Å². The maximum absolute atomic E-state index is 14.7. The van der Waals surface area contributed by atoms with Gasteiger partial charge in [0.25, 0.3) is 5.91 Å². The van der Waals surface area contributed by atoms with Crippen molar-refractivity contribution in [3.05, 3.63) is 52.9 Å². The second-order valence-electron chi connectivity index (χ2n) is 7.97. The Hall–Kier alpha value is -2.93. The Labute approximate surface area is 202 Å². The molecule has 3 N–H and O–H groups in total. The third-order valence-electron chi connectivity index (χ3n) is 5.30. The number of hydrogen-bond donors (Lipinski definition) is 2. The molecular formula is C22H23F5N4O3S. The molecule has 0 spiro atoms. The SMILES string of the molecule is CN=C(N)S[C@@]1(COC)C[C@H]1c1cc(NC(=O)c2ncc(OCC(F)(F)F)cc2C)cc(F)c1F. The van der Waals surface area contributed by atoms with Crippen LogP contribution in [0.4, 0.5) is 27.6 Å². The van der Waals surface area contributed by atoms with Crippen molar-refractivity contribution in [2.45, 2.75) is 30.2 Å². The number of hydrogen-bond acceptors (Lipinski definition) is 6. The van der Waals surface area contributed by atoms with Gasteiger partial charge in [0, 0.05) is 31.8 Å².